The van der Waals surface area contributed by atoms with Crippen molar-refractivity contribution in [3.8, 4) is 17.2 Å². The van der Waals surface area contributed by atoms with Crippen molar-refractivity contribution in [3.63, 3.8) is 0 Å². The number of carbonyl (C=O) groups excluding carboxylic acids is 2. The Morgan fingerprint density at radius 3 is 2.27 bits per heavy atom. The smallest absolute Gasteiger partial charge is 0.243 e. The molecule has 0 saturated heterocycles. The fourth-order valence-corrected chi connectivity index (χ4v) is 2.85. The molecule has 0 saturated carbocycles. The molecule has 0 aliphatic carbocycles. The highest BCUT2D eigenvalue weighted by Gasteiger charge is 2.15. The Balaban J connectivity index is 2.17. The first-order valence-electron chi connectivity index (χ1n) is 9.83. The minimum absolute atomic E-state index is 0.0318. The maximum absolute atomic E-state index is 12.8. The van der Waals surface area contributed by atoms with Crippen LogP contribution in [0, 0.1) is 0 Å². The summed E-state index contributed by atoms with van der Waals surface area (Å²) in [5.74, 6) is 1.20. The van der Waals surface area contributed by atoms with Gasteiger partial charge in [-0.05, 0) is 50.2 Å². The molecule has 0 aliphatic rings. The lowest BCUT2D eigenvalue weighted by Gasteiger charge is -2.24. The fourth-order valence-electron chi connectivity index (χ4n) is 2.85. The van der Waals surface area contributed by atoms with Gasteiger partial charge in [0.05, 0.1) is 32.6 Å². The lowest BCUT2D eigenvalue weighted by Crippen LogP contribution is -2.35. The highest BCUT2D eigenvalue weighted by atomic mass is 16.5. The SMILES string of the molecule is CCOc1ccc(OCC)c(NC(=O)CN(CCC(N)=O)c2ccc(OC)cc2)c1. The van der Waals surface area contributed by atoms with Gasteiger partial charge in [-0.3, -0.25) is 9.59 Å². The standard InChI is InChI=1S/C22H29N3O5/c1-4-29-18-10-11-20(30-5-2)19(14-18)24-22(27)15-25(13-12-21(23)26)16-6-8-17(28-3)9-7-16/h6-11,14H,4-5,12-13,15H2,1-3H3,(H2,23,26)(H,24,27). The molecule has 0 fully saturated rings. The summed E-state index contributed by atoms with van der Waals surface area (Å²) in [5, 5.41) is 2.88. The number of rotatable bonds is 12. The molecule has 2 aromatic carbocycles. The van der Waals surface area contributed by atoms with Crippen LogP contribution in [0.5, 0.6) is 17.2 Å². The summed E-state index contributed by atoms with van der Waals surface area (Å²) in [6.07, 6.45) is 0.128. The summed E-state index contributed by atoms with van der Waals surface area (Å²) < 4.78 is 16.3. The third kappa shape index (κ3) is 6.88. The number of hydrogen-bond donors (Lipinski definition) is 2. The average molecular weight is 415 g/mol. The number of nitrogens with zero attached hydrogens (tertiary/aromatic N) is 1. The Morgan fingerprint density at radius 1 is 1.00 bits per heavy atom. The molecule has 162 valence electrons. The number of nitrogens with one attached hydrogen (secondary N) is 1. The van der Waals surface area contributed by atoms with Gasteiger partial charge in [0, 0.05) is 24.7 Å². The van der Waals surface area contributed by atoms with Crippen LogP contribution in [0.2, 0.25) is 0 Å². The number of benzene rings is 2. The highest BCUT2D eigenvalue weighted by Crippen LogP contribution is 2.29. The van der Waals surface area contributed by atoms with E-state index in [2.05, 4.69) is 5.32 Å². The Hall–Kier alpha value is -3.42. The topological polar surface area (TPSA) is 103 Å². The molecular formula is C22H29N3O5. The van der Waals surface area contributed by atoms with E-state index in [9.17, 15) is 9.59 Å². The summed E-state index contributed by atoms with van der Waals surface area (Å²) in [4.78, 5) is 25.9. The predicted octanol–water partition coefficient (Wildman–Crippen LogP) is 2.81. The maximum atomic E-state index is 12.8. The minimum Gasteiger partial charge on any atom is -0.497 e. The summed E-state index contributed by atoms with van der Waals surface area (Å²) in [6, 6.07) is 12.5. The number of ether oxygens (including phenoxy) is 3. The third-order valence-corrected chi connectivity index (χ3v) is 4.24. The number of methoxy groups -OCH3 is 1. The van der Waals surface area contributed by atoms with Crippen molar-refractivity contribution < 1.29 is 23.8 Å². The van der Waals surface area contributed by atoms with Crippen molar-refractivity contribution in [1.82, 2.24) is 0 Å². The maximum Gasteiger partial charge on any atom is 0.243 e. The Kier molecular flexibility index (Phi) is 8.80. The van der Waals surface area contributed by atoms with Gasteiger partial charge in [-0.2, -0.15) is 0 Å². The summed E-state index contributed by atoms with van der Waals surface area (Å²) in [6.45, 7) is 5.08. The number of carbonyl (C=O) groups is 2. The van der Waals surface area contributed by atoms with Crippen molar-refractivity contribution in [2.24, 2.45) is 5.73 Å². The van der Waals surface area contributed by atoms with Crippen LogP contribution in [0.4, 0.5) is 11.4 Å². The molecule has 0 spiro atoms. The number of primary amides is 1. The first kappa shape index (κ1) is 22.9. The molecule has 0 bridgehead atoms. The van der Waals surface area contributed by atoms with Crippen LogP contribution in [0.1, 0.15) is 20.3 Å². The van der Waals surface area contributed by atoms with Gasteiger partial charge >= 0.3 is 0 Å². The van der Waals surface area contributed by atoms with Crippen molar-refractivity contribution in [2.75, 3.05) is 43.6 Å². The Morgan fingerprint density at radius 2 is 1.67 bits per heavy atom. The van der Waals surface area contributed by atoms with E-state index in [4.69, 9.17) is 19.9 Å². The summed E-state index contributed by atoms with van der Waals surface area (Å²) >= 11 is 0. The number of nitrogens with two attached hydrogens (primary N) is 1. The van der Waals surface area contributed by atoms with Crippen molar-refractivity contribution in [1.29, 1.82) is 0 Å². The molecule has 0 atom stereocenters. The lowest BCUT2D eigenvalue weighted by atomic mass is 10.2. The van der Waals surface area contributed by atoms with Gasteiger partial charge in [-0.25, -0.2) is 0 Å². The number of amides is 2. The second-order valence-electron chi connectivity index (χ2n) is 6.41. The van der Waals surface area contributed by atoms with Crippen molar-refractivity contribution in [3.05, 3.63) is 42.5 Å². The van der Waals surface area contributed by atoms with E-state index in [0.717, 1.165) is 5.69 Å². The molecule has 0 radical (unpaired) electrons. The monoisotopic (exact) mass is 415 g/mol. The fraction of sp³-hybridized carbons (Fsp3) is 0.364. The zero-order chi connectivity index (χ0) is 21.9. The van der Waals surface area contributed by atoms with Crippen LogP contribution in [0.25, 0.3) is 0 Å². The summed E-state index contributed by atoms with van der Waals surface area (Å²) in [5.41, 5.74) is 6.60. The van der Waals surface area contributed by atoms with Crippen molar-refractivity contribution >= 4 is 23.2 Å². The van der Waals surface area contributed by atoms with E-state index in [1.807, 2.05) is 26.0 Å². The zero-order valence-corrected chi connectivity index (χ0v) is 17.6. The van der Waals surface area contributed by atoms with Crippen LogP contribution < -0.4 is 30.2 Å². The molecule has 30 heavy (non-hydrogen) atoms. The van der Waals surface area contributed by atoms with Gasteiger partial charge in [0.15, 0.2) is 0 Å². The largest absolute Gasteiger partial charge is 0.497 e. The van der Waals surface area contributed by atoms with Crippen LogP contribution >= 0.6 is 0 Å². The van der Waals surface area contributed by atoms with Gasteiger partial charge in [0.2, 0.25) is 11.8 Å². The quantitative estimate of drug-likeness (QED) is 0.553. The molecule has 3 N–H and O–H groups in total. The number of hydrogen-bond acceptors (Lipinski definition) is 6. The molecular weight excluding hydrogens is 386 g/mol. The molecule has 8 nitrogen and oxygen atoms in total. The van der Waals surface area contributed by atoms with Crippen LogP contribution in [-0.4, -0.2) is 45.2 Å². The van der Waals surface area contributed by atoms with E-state index < -0.39 is 5.91 Å². The molecule has 2 amide bonds. The van der Waals surface area contributed by atoms with E-state index in [1.54, 1.807) is 42.3 Å². The summed E-state index contributed by atoms with van der Waals surface area (Å²) in [7, 11) is 1.58. The normalized spacial score (nSPS) is 10.2. The van der Waals surface area contributed by atoms with Crippen LogP contribution in [-0.2, 0) is 9.59 Å². The first-order chi connectivity index (χ1) is 14.5. The predicted molar refractivity (Wildman–Crippen MR) is 116 cm³/mol. The zero-order valence-electron chi connectivity index (χ0n) is 17.6. The Bertz CT molecular complexity index is 839. The van der Waals surface area contributed by atoms with Gasteiger partial charge in [-0.15, -0.1) is 0 Å². The molecule has 0 unspecified atom stereocenters. The Labute approximate surface area is 176 Å². The second-order valence-corrected chi connectivity index (χ2v) is 6.41. The van der Waals surface area contributed by atoms with E-state index in [1.165, 1.54) is 0 Å². The van der Waals surface area contributed by atoms with Gasteiger partial charge in [0.25, 0.3) is 0 Å². The molecule has 0 aliphatic heterocycles. The second kappa shape index (κ2) is 11.5. The van der Waals surface area contributed by atoms with E-state index in [0.29, 0.717) is 42.7 Å². The highest BCUT2D eigenvalue weighted by molar-refractivity contribution is 5.95. The van der Waals surface area contributed by atoms with Gasteiger partial charge in [-0.1, -0.05) is 0 Å². The molecule has 2 aromatic rings. The third-order valence-electron chi connectivity index (χ3n) is 4.24. The molecule has 2 rings (SSSR count). The average Bonchev–Trinajstić information content (AvgIpc) is 2.73. The van der Waals surface area contributed by atoms with Gasteiger partial charge in [0.1, 0.15) is 17.2 Å². The van der Waals surface area contributed by atoms with Crippen molar-refractivity contribution in [2.45, 2.75) is 20.3 Å². The van der Waals surface area contributed by atoms with E-state index in [-0.39, 0.29) is 18.9 Å². The van der Waals surface area contributed by atoms with Crippen LogP contribution in [0.15, 0.2) is 42.5 Å². The van der Waals surface area contributed by atoms with Gasteiger partial charge < -0.3 is 30.2 Å². The van der Waals surface area contributed by atoms with E-state index >= 15 is 0 Å². The number of anilines is 2. The van der Waals surface area contributed by atoms with Crippen LogP contribution in [0.3, 0.4) is 0 Å². The minimum atomic E-state index is -0.433. The lowest BCUT2D eigenvalue weighted by molar-refractivity contribution is -0.118. The molecule has 0 heterocycles. The molecule has 0 aromatic heterocycles. The first-order valence-corrected chi connectivity index (χ1v) is 9.83. The molecule has 8 heteroatoms.